The van der Waals surface area contributed by atoms with E-state index >= 15 is 0 Å². The molecule has 2 rings (SSSR count). The van der Waals surface area contributed by atoms with E-state index in [-0.39, 0.29) is 6.42 Å². The Labute approximate surface area is 68.6 Å². The number of esters is 1. The number of carbonyl (C=O) groups excluding carboxylic acids is 1. The quantitative estimate of drug-likeness (QED) is 0.370. The standard InChI is InChI=1S/C7H10O5/c8-3-1-2-4(9)5(10)6(11)7(2)12-3/h2,4-7,9-11H,1H2/t2-,4-,5-,6-,7-/m1/s1. The van der Waals surface area contributed by atoms with Gasteiger partial charge in [-0.25, -0.2) is 0 Å². The van der Waals surface area contributed by atoms with Gasteiger partial charge in [-0.05, 0) is 0 Å². The molecule has 0 aromatic rings. The van der Waals surface area contributed by atoms with E-state index in [0.717, 1.165) is 0 Å². The molecule has 5 heteroatoms. The lowest BCUT2D eigenvalue weighted by Crippen LogP contribution is -2.33. The van der Waals surface area contributed by atoms with Gasteiger partial charge in [0.25, 0.3) is 0 Å². The van der Waals surface area contributed by atoms with Gasteiger partial charge >= 0.3 is 5.97 Å². The number of fused-ring (bicyclic) bond motifs is 1. The molecule has 1 saturated carbocycles. The molecule has 0 amide bonds. The van der Waals surface area contributed by atoms with E-state index in [1.165, 1.54) is 0 Å². The molecule has 0 radical (unpaired) electrons. The lowest BCUT2D eigenvalue weighted by Gasteiger charge is -2.13. The van der Waals surface area contributed by atoms with Crippen molar-refractivity contribution in [1.29, 1.82) is 0 Å². The fourth-order valence-electron chi connectivity index (χ4n) is 1.88. The van der Waals surface area contributed by atoms with Crippen molar-refractivity contribution in [2.75, 3.05) is 0 Å². The van der Waals surface area contributed by atoms with Crippen LogP contribution in [0.2, 0.25) is 0 Å². The molecule has 0 unspecified atom stereocenters. The minimum absolute atomic E-state index is 0.0833. The number of carbonyl (C=O) groups is 1. The zero-order valence-corrected chi connectivity index (χ0v) is 6.25. The molecule has 5 atom stereocenters. The average Bonchev–Trinajstić information content (AvgIpc) is 2.49. The predicted molar refractivity (Wildman–Crippen MR) is 36.0 cm³/mol. The van der Waals surface area contributed by atoms with Crippen LogP contribution in [0.1, 0.15) is 6.42 Å². The first-order valence-electron chi connectivity index (χ1n) is 3.85. The van der Waals surface area contributed by atoms with E-state index in [2.05, 4.69) is 0 Å². The van der Waals surface area contributed by atoms with Crippen LogP contribution in [0.15, 0.2) is 0 Å². The Hall–Kier alpha value is -0.650. The summed E-state index contributed by atoms with van der Waals surface area (Å²) in [5.41, 5.74) is 0. The number of hydrogen-bond acceptors (Lipinski definition) is 5. The highest BCUT2D eigenvalue weighted by Crippen LogP contribution is 2.37. The SMILES string of the molecule is O=C1C[C@@H]2[C@@H](O)[C@@H](O)[C@@H](O)[C@@H]2O1. The summed E-state index contributed by atoms with van der Waals surface area (Å²) in [6, 6.07) is 0. The molecule has 5 nitrogen and oxygen atoms in total. The summed E-state index contributed by atoms with van der Waals surface area (Å²) in [7, 11) is 0. The van der Waals surface area contributed by atoms with Gasteiger partial charge < -0.3 is 20.1 Å². The van der Waals surface area contributed by atoms with Crippen LogP contribution in [0.5, 0.6) is 0 Å². The first-order chi connectivity index (χ1) is 5.61. The minimum Gasteiger partial charge on any atom is -0.459 e. The van der Waals surface area contributed by atoms with Crippen LogP contribution in [-0.4, -0.2) is 45.7 Å². The zero-order chi connectivity index (χ0) is 8.88. The maximum atomic E-state index is 10.7. The largest absolute Gasteiger partial charge is 0.459 e. The smallest absolute Gasteiger partial charge is 0.306 e. The van der Waals surface area contributed by atoms with Crippen molar-refractivity contribution in [2.24, 2.45) is 5.92 Å². The Kier molecular flexibility index (Phi) is 1.61. The summed E-state index contributed by atoms with van der Waals surface area (Å²) in [5.74, 6) is -0.863. The second-order valence-corrected chi connectivity index (χ2v) is 3.29. The topological polar surface area (TPSA) is 87.0 Å². The van der Waals surface area contributed by atoms with E-state index < -0.39 is 36.3 Å². The molecule has 2 fully saturated rings. The average molecular weight is 174 g/mol. The Morgan fingerprint density at radius 3 is 2.42 bits per heavy atom. The van der Waals surface area contributed by atoms with Crippen molar-refractivity contribution in [3.63, 3.8) is 0 Å². The molecule has 0 spiro atoms. The van der Waals surface area contributed by atoms with Gasteiger partial charge in [-0.2, -0.15) is 0 Å². The third-order valence-electron chi connectivity index (χ3n) is 2.57. The van der Waals surface area contributed by atoms with Gasteiger partial charge in [0.2, 0.25) is 0 Å². The second kappa shape index (κ2) is 2.42. The Balaban J connectivity index is 2.20. The Morgan fingerprint density at radius 2 is 1.83 bits per heavy atom. The highest BCUT2D eigenvalue weighted by Gasteiger charge is 2.55. The van der Waals surface area contributed by atoms with Crippen LogP contribution < -0.4 is 0 Å². The molecular formula is C7H10O5. The molecule has 12 heavy (non-hydrogen) atoms. The van der Waals surface area contributed by atoms with Crippen LogP contribution in [0, 0.1) is 5.92 Å². The van der Waals surface area contributed by atoms with Gasteiger partial charge in [0.1, 0.15) is 18.3 Å². The zero-order valence-electron chi connectivity index (χ0n) is 6.25. The number of ether oxygens (including phenoxy) is 1. The molecule has 0 aromatic heterocycles. The summed E-state index contributed by atoms with van der Waals surface area (Å²) < 4.78 is 4.73. The third kappa shape index (κ3) is 0.872. The number of aliphatic hydroxyl groups excluding tert-OH is 3. The fourth-order valence-corrected chi connectivity index (χ4v) is 1.88. The van der Waals surface area contributed by atoms with Crippen molar-refractivity contribution < 1.29 is 24.9 Å². The van der Waals surface area contributed by atoms with Gasteiger partial charge in [0.15, 0.2) is 0 Å². The molecule has 68 valence electrons. The molecule has 1 heterocycles. The summed E-state index contributed by atoms with van der Waals surface area (Å²) in [4.78, 5) is 10.7. The number of aliphatic hydroxyl groups is 3. The second-order valence-electron chi connectivity index (χ2n) is 3.29. The molecule has 1 aliphatic heterocycles. The van der Waals surface area contributed by atoms with Crippen molar-refractivity contribution in [1.82, 2.24) is 0 Å². The van der Waals surface area contributed by atoms with Gasteiger partial charge in [0, 0.05) is 5.92 Å². The van der Waals surface area contributed by atoms with E-state index in [0.29, 0.717) is 0 Å². The minimum atomic E-state index is -1.19. The van der Waals surface area contributed by atoms with Crippen molar-refractivity contribution in [3.05, 3.63) is 0 Å². The third-order valence-corrected chi connectivity index (χ3v) is 2.57. The van der Waals surface area contributed by atoms with E-state index in [4.69, 9.17) is 9.84 Å². The summed E-state index contributed by atoms with van der Waals surface area (Å²) in [6.07, 6.45) is -4.01. The first-order valence-corrected chi connectivity index (χ1v) is 3.85. The molecule has 0 aromatic carbocycles. The predicted octanol–water partition coefficient (Wildman–Crippen LogP) is -1.99. The molecule has 1 aliphatic carbocycles. The number of rotatable bonds is 0. The monoisotopic (exact) mass is 174 g/mol. The summed E-state index contributed by atoms with van der Waals surface area (Å²) in [5, 5.41) is 27.7. The lowest BCUT2D eigenvalue weighted by molar-refractivity contribution is -0.147. The molecule has 3 N–H and O–H groups in total. The molecule has 1 saturated heterocycles. The highest BCUT2D eigenvalue weighted by atomic mass is 16.6. The van der Waals surface area contributed by atoms with Crippen LogP contribution in [0.3, 0.4) is 0 Å². The van der Waals surface area contributed by atoms with Gasteiger partial charge in [0.05, 0.1) is 12.5 Å². The van der Waals surface area contributed by atoms with Crippen LogP contribution in [0.25, 0.3) is 0 Å². The van der Waals surface area contributed by atoms with Crippen LogP contribution >= 0.6 is 0 Å². The lowest BCUT2D eigenvalue weighted by atomic mass is 10.0. The van der Waals surface area contributed by atoms with Crippen molar-refractivity contribution >= 4 is 5.97 Å². The van der Waals surface area contributed by atoms with Gasteiger partial charge in [-0.3, -0.25) is 4.79 Å². The number of hydrogen-bond donors (Lipinski definition) is 3. The maximum absolute atomic E-state index is 10.7. The van der Waals surface area contributed by atoms with E-state index in [1.54, 1.807) is 0 Å². The highest BCUT2D eigenvalue weighted by molar-refractivity contribution is 5.72. The van der Waals surface area contributed by atoms with Crippen molar-refractivity contribution in [2.45, 2.75) is 30.8 Å². The van der Waals surface area contributed by atoms with Crippen molar-refractivity contribution in [3.8, 4) is 0 Å². The fraction of sp³-hybridized carbons (Fsp3) is 0.857. The molecule has 0 bridgehead atoms. The van der Waals surface area contributed by atoms with Crippen LogP contribution in [0.4, 0.5) is 0 Å². The molecular weight excluding hydrogens is 164 g/mol. The van der Waals surface area contributed by atoms with E-state index in [1.807, 2.05) is 0 Å². The van der Waals surface area contributed by atoms with Gasteiger partial charge in [-0.1, -0.05) is 0 Å². The van der Waals surface area contributed by atoms with Crippen LogP contribution in [-0.2, 0) is 9.53 Å². The Bertz CT molecular complexity index is 196. The molecule has 2 aliphatic rings. The normalized spacial score (nSPS) is 52.2. The Morgan fingerprint density at radius 1 is 1.17 bits per heavy atom. The maximum Gasteiger partial charge on any atom is 0.306 e. The summed E-state index contributed by atoms with van der Waals surface area (Å²) in [6.45, 7) is 0. The summed E-state index contributed by atoms with van der Waals surface area (Å²) >= 11 is 0. The van der Waals surface area contributed by atoms with Gasteiger partial charge in [-0.15, -0.1) is 0 Å². The van der Waals surface area contributed by atoms with E-state index in [9.17, 15) is 15.0 Å². The first kappa shape index (κ1) is 7.97.